The van der Waals surface area contributed by atoms with Crippen molar-refractivity contribution in [1.29, 1.82) is 0 Å². The van der Waals surface area contributed by atoms with Crippen LogP contribution in [0.25, 0.3) is 16.3 Å². The molecule has 7 heteroatoms. The van der Waals surface area contributed by atoms with E-state index in [1.165, 1.54) is 17.4 Å². The molecule has 5 nitrogen and oxygen atoms in total. The number of fused-ring (bicyclic) bond motifs is 1. The van der Waals surface area contributed by atoms with Gasteiger partial charge in [-0.1, -0.05) is 48.9 Å². The van der Waals surface area contributed by atoms with Gasteiger partial charge in [-0.05, 0) is 77.7 Å². The fourth-order valence-corrected chi connectivity index (χ4v) is 4.25. The van der Waals surface area contributed by atoms with Crippen LogP contribution in [0.2, 0.25) is 5.02 Å². The number of benzene rings is 3. The first kappa shape index (κ1) is 22.7. The molecule has 0 amide bonds. The van der Waals surface area contributed by atoms with Gasteiger partial charge in [0.05, 0.1) is 16.4 Å². The molecule has 4 rings (SSSR count). The van der Waals surface area contributed by atoms with Gasteiger partial charge in [0.25, 0.3) is 0 Å². The SMILES string of the molecule is CC(C)c1cc(/C=N/Nc2nc3ccccc3s2)cc(/C=C/C(=O)c2ccc(Cl)cc2)c1O. The highest BCUT2D eigenvalue weighted by Gasteiger charge is 2.12. The molecule has 0 aliphatic heterocycles. The van der Waals surface area contributed by atoms with Gasteiger partial charge in [0, 0.05) is 16.1 Å². The molecular weight excluding hydrogens is 454 g/mol. The van der Waals surface area contributed by atoms with Gasteiger partial charge >= 0.3 is 0 Å². The zero-order valence-electron chi connectivity index (χ0n) is 18.1. The fourth-order valence-electron chi connectivity index (χ4n) is 3.30. The molecule has 3 aromatic carbocycles. The molecule has 4 aromatic rings. The van der Waals surface area contributed by atoms with Crippen molar-refractivity contribution in [2.24, 2.45) is 5.10 Å². The Morgan fingerprint density at radius 1 is 1.15 bits per heavy atom. The van der Waals surface area contributed by atoms with Crippen LogP contribution in [0.5, 0.6) is 5.75 Å². The summed E-state index contributed by atoms with van der Waals surface area (Å²) in [6.07, 6.45) is 4.74. The quantitative estimate of drug-likeness (QED) is 0.129. The van der Waals surface area contributed by atoms with E-state index in [0.29, 0.717) is 21.3 Å². The molecule has 0 aliphatic carbocycles. The van der Waals surface area contributed by atoms with Crippen LogP contribution >= 0.6 is 22.9 Å². The summed E-state index contributed by atoms with van der Waals surface area (Å²) < 4.78 is 1.08. The first-order chi connectivity index (χ1) is 15.9. The van der Waals surface area contributed by atoms with Crippen LogP contribution in [0.15, 0.2) is 71.8 Å². The van der Waals surface area contributed by atoms with Crippen LogP contribution in [0.3, 0.4) is 0 Å². The monoisotopic (exact) mass is 475 g/mol. The molecule has 1 aromatic heterocycles. The average molecular weight is 476 g/mol. The molecule has 166 valence electrons. The zero-order valence-corrected chi connectivity index (χ0v) is 19.7. The number of nitrogens with one attached hydrogen (secondary N) is 1. The standard InChI is InChI=1S/C26H22ClN3O2S/c1-16(2)21-14-17(15-28-30-26-29-22-5-3-4-6-24(22)33-26)13-19(25(21)32)9-12-23(31)18-7-10-20(27)11-8-18/h3-16,32H,1-2H3,(H,29,30)/b12-9+,28-15+. The summed E-state index contributed by atoms with van der Waals surface area (Å²) in [5, 5.41) is 16.3. The smallest absolute Gasteiger partial charge is 0.204 e. The maximum Gasteiger partial charge on any atom is 0.204 e. The van der Waals surface area contributed by atoms with E-state index >= 15 is 0 Å². The van der Waals surface area contributed by atoms with Crippen LogP contribution in [0, 0.1) is 0 Å². The lowest BCUT2D eigenvalue weighted by Crippen LogP contribution is -1.97. The van der Waals surface area contributed by atoms with Crippen molar-refractivity contribution < 1.29 is 9.90 Å². The maximum absolute atomic E-state index is 12.5. The number of hydrazone groups is 1. The number of anilines is 1. The van der Waals surface area contributed by atoms with E-state index in [4.69, 9.17) is 11.6 Å². The topological polar surface area (TPSA) is 74.6 Å². The number of aromatic hydroxyl groups is 1. The molecule has 0 saturated carbocycles. The summed E-state index contributed by atoms with van der Waals surface area (Å²) >= 11 is 7.42. The Kier molecular flexibility index (Phi) is 6.87. The predicted octanol–water partition coefficient (Wildman–Crippen LogP) is 7.12. The molecular formula is C26H22ClN3O2S. The molecule has 33 heavy (non-hydrogen) atoms. The third-order valence-corrected chi connectivity index (χ3v) is 6.22. The van der Waals surface area contributed by atoms with Crippen molar-refractivity contribution in [3.05, 3.63) is 94.0 Å². The van der Waals surface area contributed by atoms with Gasteiger partial charge in [-0.2, -0.15) is 5.10 Å². The van der Waals surface area contributed by atoms with Gasteiger partial charge in [0.2, 0.25) is 5.13 Å². The number of carbonyl (C=O) groups is 1. The highest BCUT2D eigenvalue weighted by molar-refractivity contribution is 7.22. The van der Waals surface area contributed by atoms with Crippen molar-refractivity contribution in [2.45, 2.75) is 19.8 Å². The third kappa shape index (κ3) is 5.48. The minimum atomic E-state index is -0.172. The first-order valence-electron chi connectivity index (χ1n) is 10.4. The van der Waals surface area contributed by atoms with Crippen LogP contribution < -0.4 is 5.43 Å². The zero-order chi connectivity index (χ0) is 23.4. The van der Waals surface area contributed by atoms with Crippen molar-refractivity contribution in [3.63, 3.8) is 0 Å². The van der Waals surface area contributed by atoms with Gasteiger partial charge in [-0.15, -0.1) is 0 Å². The Labute approximate surface area is 201 Å². The largest absolute Gasteiger partial charge is 0.507 e. The molecule has 0 saturated heterocycles. The molecule has 0 atom stereocenters. The molecule has 0 bridgehead atoms. The fraction of sp³-hybridized carbons (Fsp3) is 0.115. The third-order valence-electron chi connectivity index (χ3n) is 5.02. The summed E-state index contributed by atoms with van der Waals surface area (Å²) in [6.45, 7) is 4.00. The number of phenolic OH excluding ortho intramolecular Hbond substituents is 1. The van der Waals surface area contributed by atoms with Crippen molar-refractivity contribution in [3.8, 4) is 5.75 Å². The molecule has 0 spiro atoms. The van der Waals surface area contributed by atoms with Gasteiger partial charge in [0.1, 0.15) is 5.75 Å². The van der Waals surface area contributed by atoms with E-state index in [1.54, 1.807) is 42.6 Å². The summed E-state index contributed by atoms with van der Waals surface area (Å²) in [5.41, 5.74) is 6.54. The van der Waals surface area contributed by atoms with Gasteiger partial charge < -0.3 is 5.11 Å². The summed E-state index contributed by atoms with van der Waals surface area (Å²) in [6, 6.07) is 18.3. The maximum atomic E-state index is 12.5. The number of thiazole rings is 1. The van der Waals surface area contributed by atoms with Gasteiger partial charge in [0.15, 0.2) is 5.78 Å². The minimum Gasteiger partial charge on any atom is -0.507 e. The number of aromatic nitrogens is 1. The number of phenols is 1. The van der Waals surface area contributed by atoms with E-state index in [0.717, 1.165) is 21.3 Å². The number of allylic oxidation sites excluding steroid dienone is 1. The number of halogens is 1. The molecule has 0 radical (unpaired) electrons. The highest BCUT2D eigenvalue weighted by atomic mass is 35.5. The van der Waals surface area contributed by atoms with E-state index in [2.05, 4.69) is 15.5 Å². The Balaban J connectivity index is 1.57. The van der Waals surface area contributed by atoms with Crippen LogP contribution in [0.1, 0.15) is 46.8 Å². The normalized spacial score (nSPS) is 11.8. The van der Waals surface area contributed by atoms with Crippen LogP contribution in [0.4, 0.5) is 5.13 Å². The summed E-state index contributed by atoms with van der Waals surface area (Å²) in [7, 11) is 0. The van der Waals surface area contributed by atoms with Gasteiger partial charge in [-0.3, -0.25) is 10.2 Å². The van der Waals surface area contributed by atoms with Crippen molar-refractivity contribution >= 4 is 56.4 Å². The number of hydrogen-bond acceptors (Lipinski definition) is 6. The van der Waals surface area contributed by atoms with Gasteiger partial charge in [-0.25, -0.2) is 4.98 Å². The average Bonchev–Trinajstić information content (AvgIpc) is 3.22. The Hall–Kier alpha value is -3.48. The number of ketones is 1. The number of rotatable bonds is 7. The lowest BCUT2D eigenvalue weighted by atomic mass is 9.96. The molecule has 0 unspecified atom stereocenters. The predicted molar refractivity (Wildman–Crippen MR) is 138 cm³/mol. The second kappa shape index (κ2) is 9.98. The van der Waals surface area contributed by atoms with E-state index in [1.807, 2.05) is 44.2 Å². The first-order valence-corrected chi connectivity index (χ1v) is 11.6. The molecule has 1 heterocycles. The Bertz CT molecular complexity index is 1320. The second-order valence-electron chi connectivity index (χ2n) is 7.76. The van der Waals surface area contributed by atoms with E-state index in [-0.39, 0.29) is 17.5 Å². The van der Waals surface area contributed by atoms with E-state index < -0.39 is 0 Å². The Morgan fingerprint density at radius 2 is 1.91 bits per heavy atom. The van der Waals surface area contributed by atoms with Crippen LogP contribution in [-0.2, 0) is 0 Å². The Morgan fingerprint density at radius 3 is 2.64 bits per heavy atom. The molecule has 2 N–H and O–H groups in total. The number of nitrogens with zero attached hydrogens (tertiary/aromatic N) is 2. The van der Waals surface area contributed by atoms with Crippen molar-refractivity contribution in [1.82, 2.24) is 4.98 Å². The molecule has 0 aliphatic rings. The minimum absolute atomic E-state index is 0.0923. The number of hydrogen-bond donors (Lipinski definition) is 2. The number of para-hydroxylation sites is 1. The highest BCUT2D eigenvalue weighted by Crippen LogP contribution is 2.31. The lowest BCUT2D eigenvalue weighted by molar-refractivity contribution is 0.104. The number of carbonyl (C=O) groups excluding carboxylic acids is 1. The van der Waals surface area contributed by atoms with E-state index in [9.17, 15) is 9.90 Å². The summed E-state index contributed by atoms with van der Waals surface area (Å²) in [5.74, 6) is 0.0739. The van der Waals surface area contributed by atoms with Crippen molar-refractivity contribution in [2.75, 3.05) is 5.43 Å². The second-order valence-corrected chi connectivity index (χ2v) is 9.23. The lowest BCUT2D eigenvalue weighted by Gasteiger charge is -2.12. The molecule has 0 fully saturated rings. The summed E-state index contributed by atoms with van der Waals surface area (Å²) in [4.78, 5) is 17.0. The van der Waals surface area contributed by atoms with Crippen LogP contribution in [-0.4, -0.2) is 22.1 Å².